The molecule has 0 bridgehead atoms. The highest BCUT2D eigenvalue weighted by Crippen LogP contribution is 2.32. The van der Waals surface area contributed by atoms with Gasteiger partial charge < -0.3 is 14.4 Å². The van der Waals surface area contributed by atoms with Crippen molar-refractivity contribution in [2.24, 2.45) is 5.92 Å². The fraction of sp³-hybridized carbons (Fsp3) is 0.933. The Bertz CT molecular complexity index is 280. The molecule has 0 aromatic carbocycles. The van der Waals surface area contributed by atoms with Crippen LogP contribution in [-0.4, -0.2) is 42.9 Å². The standard InChI is InChI=1S/C15H29NO3/c1-6-12-10-13(11-12)18-9-7-8-16(5)14(17)19-15(2,3)4/h12-13H,6-11H2,1-5H3. The molecule has 0 spiro atoms. The van der Waals surface area contributed by atoms with Crippen molar-refractivity contribution in [2.75, 3.05) is 20.2 Å². The van der Waals surface area contributed by atoms with Crippen LogP contribution in [-0.2, 0) is 9.47 Å². The van der Waals surface area contributed by atoms with Crippen LogP contribution in [0.5, 0.6) is 0 Å². The molecular formula is C15H29NO3. The van der Waals surface area contributed by atoms with E-state index in [4.69, 9.17) is 9.47 Å². The Morgan fingerprint density at radius 3 is 2.47 bits per heavy atom. The second-order valence-electron chi connectivity index (χ2n) is 6.49. The molecule has 0 aromatic heterocycles. The van der Waals surface area contributed by atoms with E-state index in [9.17, 15) is 4.79 Å². The summed E-state index contributed by atoms with van der Waals surface area (Å²) < 4.78 is 11.0. The maximum absolute atomic E-state index is 11.7. The molecule has 0 aliphatic heterocycles. The van der Waals surface area contributed by atoms with Crippen molar-refractivity contribution in [2.45, 2.75) is 65.1 Å². The third-order valence-corrected chi connectivity index (χ3v) is 3.47. The Kier molecular flexibility index (Phi) is 6.11. The largest absolute Gasteiger partial charge is 0.444 e. The topological polar surface area (TPSA) is 38.8 Å². The van der Waals surface area contributed by atoms with Crippen LogP contribution in [0.15, 0.2) is 0 Å². The summed E-state index contributed by atoms with van der Waals surface area (Å²) in [4.78, 5) is 13.3. The quantitative estimate of drug-likeness (QED) is 0.695. The molecule has 0 unspecified atom stereocenters. The molecule has 1 fully saturated rings. The van der Waals surface area contributed by atoms with Crippen LogP contribution in [0.25, 0.3) is 0 Å². The lowest BCUT2D eigenvalue weighted by Gasteiger charge is -2.34. The SMILES string of the molecule is CCC1CC(OCCCN(C)C(=O)OC(C)(C)C)C1. The molecule has 0 aromatic rings. The summed E-state index contributed by atoms with van der Waals surface area (Å²) >= 11 is 0. The fourth-order valence-electron chi connectivity index (χ4n) is 2.13. The highest BCUT2D eigenvalue weighted by molar-refractivity contribution is 5.67. The molecule has 0 heterocycles. The molecule has 112 valence electrons. The van der Waals surface area contributed by atoms with E-state index in [2.05, 4.69) is 6.92 Å². The van der Waals surface area contributed by atoms with E-state index < -0.39 is 5.60 Å². The number of nitrogens with zero attached hydrogens (tertiary/aromatic N) is 1. The van der Waals surface area contributed by atoms with Gasteiger partial charge in [0.15, 0.2) is 0 Å². The van der Waals surface area contributed by atoms with E-state index in [1.807, 2.05) is 20.8 Å². The van der Waals surface area contributed by atoms with Gasteiger partial charge in [-0.05, 0) is 46.0 Å². The van der Waals surface area contributed by atoms with Gasteiger partial charge >= 0.3 is 6.09 Å². The first-order chi connectivity index (χ1) is 8.81. The number of hydrogen-bond acceptors (Lipinski definition) is 3. The zero-order valence-corrected chi connectivity index (χ0v) is 13.1. The van der Waals surface area contributed by atoms with E-state index in [1.54, 1.807) is 11.9 Å². The summed E-state index contributed by atoms with van der Waals surface area (Å²) in [5.41, 5.74) is -0.428. The van der Waals surface area contributed by atoms with Gasteiger partial charge in [0.05, 0.1) is 6.10 Å². The predicted octanol–water partition coefficient (Wildman–Crippen LogP) is 3.45. The van der Waals surface area contributed by atoms with Gasteiger partial charge in [0.1, 0.15) is 5.60 Å². The average molecular weight is 271 g/mol. The third kappa shape index (κ3) is 6.28. The van der Waals surface area contributed by atoms with Gasteiger partial charge in [-0.15, -0.1) is 0 Å². The summed E-state index contributed by atoms with van der Waals surface area (Å²) in [6.45, 7) is 9.28. The predicted molar refractivity (Wildman–Crippen MR) is 76.2 cm³/mol. The number of hydrogen-bond donors (Lipinski definition) is 0. The van der Waals surface area contributed by atoms with Crippen molar-refractivity contribution < 1.29 is 14.3 Å². The Morgan fingerprint density at radius 1 is 1.32 bits per heavy atom. The molecule has 4 nitrogen and oxygen atoms in total. The molecular weight excluding hydrogens is 242 g/mol. The van der Waals surface area contributed by atoms with E-state index in [-0.39, 0.29) is 6.09 Å². The summed E-state index contributed by atoms with van der Waals surface area (Å²) in [5, 5.41) is 0. The maximum atomic E-state index is 11.7. The Hall–Kier alpha value is -0.770. The second-order valence-corrected chi connectivity index (χ2v) is 6.49. The van der Waals surface area contributed by atoms with Crippen molar-refractivity contribution in [3.05, 3.63) is 0 Å². The van der Waals surface area contributed by atoms with Gasteiger partial charge in [-0.1, -0.05) is 13.3 Å². The van der Waals surface area contributed by atoms with Gasteiger partial charge in [0.2, 0.25) is 0 Å². The lowest BCUT2D eigenvalue weighted by molar-refractivity contribution is -0.0340. The highest BCUT2D eigenvalue weighted by Gasteiger charge is 2.28. The minimum absolute atomic E-state index is 0.262. The van der Waals surface area contributed by atoms with Gasteiger partial charge in [0.25, 0.3) is 0 Å². The summed E-state index contributed by atoms with van der Waals surface area (Å²) in [6.07, 6.45) is 4.74. The average Bonchev–Trinajstić information content (AvgIpc) is 2.23. The lowest BCUT2D eigenvalue weighted by atomic mass is 9.80. The molecule has 1 amide bonds. The summed E-state index contributed by atoms with van der Waals surface area (Å²) in [5.74, 6) is 0.870. The minimum Gasteiger partial charge on any atom is -0.444 e. The van der Waals surface area contributed by atoms with E-state index in [0.717, 1.165) is 18.9 Å². The molecule has 1 aliphatic carbocycles. The van der Waals surface area contributed by atoms with Crippen LogP contribution in [0.4, 0.5) is 4.79 Å². The van der Waals surface area contributed by atoms with E-state index >= 15 is 0 Å². The van der Waals surface area contributed by atoms with E-state index in [0.29, 0.717) is 12.6 Å². The lowest BCUT2D eigenvalue weighted by Crippen LogP contribution is -2.35. The van der Waals surface area contributed by atoms with Crippen molar-refractivity contribution in [3.63, 3.8) is 0 Å². The molecule has 1 aliphatic rings. The second kappa shape index (κ2) is 7.13. The number of carbonyl (C=O) groups is 1. The highest BCUT2D eigenvalue weighted by atomic mass is 16.6. The van der Waals surface area contributed by atoms with Crippen molar-refractivity contribution >= 4 is 6.09 Å². The van der Waals surface area contributed by atoms with Crippen molar-refractivity contribution in [3.8, 4) is 0 Å². The molecule has 0 radical (unpaired) electrons. The van der Waals surface area contributed by atoms with Crippen LogP contribution in [0.3, 0.4) is 0 Å². The molecule has 0 atom stereocenters. The van der Waals surface area contributed by atoms with Crippen LogP contribution < -0.4 is 0 Å². The number of carbonyl (C=O) groups excluding carboxylic acids is 1. The smallest absolute Gasteiger partial charge is 0.410 e. The normalized spacial score (nSPS) is 22.8. The Labute approximate surface area is 117 Å². The number of ether oxygens (including phenoxy) is 2. The van der Waals surface area contributed by atoms with E-state index in [1.165, 1.54) is 19.3 Å². The first kappa shape index (κ1) is 16.3. The Balaban J connectivity index is 2.04. The van der Waals surface area contributed by atoms with Crippen molar-refractivity contribution in [1.82, 2.24) is 4.90 Å². The van der Waals surface area contributed by atoms with Gasteiger partial charge in [-0.3, -0.25) is 0 Å². The number of rotatable bonds is 6. The van der Waals surface area contributed by atoms with Crippen LogP contribution in [0.2, 0.25) is 0 Å². The maximum Gasteiger partial charge on any atom is 0.410 e. The molecule has 1 rings (SSSR count). The zero-order valence-electron chi connectivity index (χ0n) is 13.1. The zero-order chi connectivity index (χ0) is 14.5. The van der Waals surface area contributed by atoms with Gasteiger partial charge in [0, 0.05) is 20.2 Å². The third-order valence-electron chi connectivity index (χ3n) is 3.47. The monoisotopic (exact) mass is 271 g/mol. The van der Waals surface area contributed by atoms with Gasteiger partial charge in [-0.2, -0.15) is 0 Å². The van der Waals surface area contributed by atoms with Gasteiger partial charge in [-0.25, -0.2) is 4.79 Å². The molecule has 1 saturated carbocycles. The summed E-state index contributed by atoms with van der Waals surface area (Å²) in [7, 11) is 1.77. The Morgan fingerprint density at radius 2 is 1.95 bits per heavy atom. The molecule has 0 N–H and O–H groups in total. The minimum atomic E-state index is -0.428. The van der Waals surface area contributed by atoms with Crippen LogP contribution in [0, 0.1) is 5.92 Å². The first-order valence-electron chi connectivity index (χ1n) is 7.37. The first-order valence-corrected chi connectivity index (χ1v) is 7.37. The van der Waals surface area contributed by atoms with Crippen molar-refractivity contribution in [1.29, 1.82) is 0 Å². The van der Waals surface area contributed by atoms with Crippen LogP contribution in [0.1, 0.15) is 53.4 Å². The summed E-state index contributed by atoms with van der Waals surface area (Å²) in [6, 6.07) is 0. The van der Waals surface area contributed by atoms with Crippen LogP contribution >= 0.6 is 0 Å². The molecule has 4 heteroatoms. The molecule has 0 saturated heterocycles. The number of amides is 1. The molecule has 19 heavy (non-hydrogen) atoms. The fourth-order valence-corrected chi connectivity index (χ4v) is 2.13.